The van der Waals surface area contributed by atoms with Crippen molar-refractivity contribution in [2.45, 2.75) is 40.2 Å². The lowest BCUT2D eigenvalue weighted by atomic mass is 10.2. The lowest BCUT2D eigenvalue weighted by molar-refractivity contribution is -0.152. The Hall–Kier alpha value is -0.860. The zero-order valence-corrected chi connectivity index (χ0v) is 9.13. The van der Waals surface area contributed by atoms with Crippen LogP contribution in [-0.4, -0.2) is 24.3 Å². The van der Waals surface area contributed by atoms with E-state index < -0.39 is 5.60 Å². The van der Waals surface area contributed by atoms with Crippen molar-refractivity contribution in [2.24, 2.45) is 10.9 Å². The number of hydrogen-bond donors (Lipinski definition) is 0. The van der Waals surface area contributed by atoms with Crippen LogP contribution in [0.15, 0.2) is 4.99 Å². The smallest absolute Gasteiger partial charge is 0.328 e. The maximum Gasteiger partial charge on any atom is 0.328 e. The Balaban J connectivity index is 3.77. The second kappa shape index (κ2) is 5.00. The van der Waals surface area contributed by atoms with Crippen molar-refractivity contribution in [3.63, 3.8) is 0 Å². The molecule has 76 valence electrons. The second-order valence-corrected chi connectivity index (χ2v) is 4.32. The highest BCUT2D eigenvalue weighted by Crippen LogP contribution is 2.06. The summed E-state index contributed by atoms with van der Waals surface area (Å²) in [5.74, 6) is 0.104. The topological polar surface area (TPSA) is 38.7 Å². The Kier molecular flexibility index (Phi) is 4.67. The van der Waals surface area contributed by atoms with Gasteiger partial charge in [-0.05, 0) is 26.7 Å². The van der Waals surface area contributed by atoms with Crippen LogP contribution in [-0.2, 0) is 9.53 Å². The number of esters is 1. The highest BCUT2D eigenvalue weighted by molar-refractivity contribution is 5.74. The molecule has 0 aliphatic heterocycles. The minimum absolute atomic E-state index is 0.120. The second-order valence-electron chi connectivity index (χ2n) is 4.32. The SMILES string of the molecule is CC(C)/C=N/CC(=O)OC(C)(C)C. The Morgan fingerprint density at radius 2 is 2.00 bits per heavy atom. The molecular weight excluding hydrogens is 166 g/mol. The van der Waals surface area contributed by atoms with E-state index in [0.29, 0.717) is 5.92 Å². The molecule has 0 bridgehead atoms. The molecule has 0 amide bonds. The van der Waals surface area contributed by atoms with Crippen LogP contribution in [0.4, 0.5) is 0 Å². The molecule has 3 nitrogen and oxygen atoms in total. The van der Waals surface area contributed by atoms with Crippen molar-refractivity contribution < 1.29 is 9.53 Å². The molecule has 0 saturated carbocycles. The van der Waals surface area contributed by atoms with Crippen LogP contribution in [0.1, 0.15) is 34.6 Å². The zero-order chi connectivity index (χ0) is 10.5. The van der Waals surface area contributed by atoms with Crippen LogP contribution < -0.4 is 0 Å². The van der Waals surface area contributed by atoms with Crippen LogP contribution in [0.5, 0.6) is 0 Å². The van der Waals surface area contributed by atoms with E-state index in [1.54, 1.807) is 6.21 Å². The third kappa shape index (κ3) is 9.05. The largest absolute Gasteiger partial charge is 0.459 e. The quantitative estimate of drug-likeness (QED) is 0.498. The molecule has 0 unspecified atom stereocenters. The third-order valence-corrected chi connectivity index (χ3v) is 1.04. The predicted octanol–water partition coefficient (Wildman–Crippen LogP) is 2.05. The van der Waals surface area contributed by atoms with Gasteiger partial charge in [0.05, 0.1) is 0 Å². The molecule has 0 saturated heterocycles. The Morgan fingerprint density at radius 1 is 1.46 bits per heavy atom. The summed E-state index contributed by atoms with van der Waals surface area (Å²) in [5.41, 5.74) is -0.412. The van der Waals surface area contributed by atoms with Gasteiger partial charge < -0.3 is 4.74 Å². The van der Waals surface area contributed by atoms with Gasteiger partial charge in [-0.25, -0.2) is 0 Å². The fourth-order valence-electron chi connectivity index (χ4n) is 0.712. The van der Waals surface area contributed by atoms with Crippen molar-refractivity contribution >= 4 is 12.2 Å². The fraction of sp³-hybridized carbons (Fsp3) is 0.800. The van der Waals surface area contributed by atoms with Gasteiger partial charge in [-0.1, -0.05) is 13.8 Å². The van der Waals surface area contributed by atoms with Crippen LogP contribution >= 0.6 is 0 Å². The van der Waals surface area contributed by atoms with Gasteiger partial charge in [0.25, 0.3) is 0 Å². The Bertz CT molecular complexity index is 190. The first kappa shape index (κ1) is 12.1. The van der Waals surface area contributed by atoms with Crippen LogP contribution in [0.25, 0.3) is 0 Å². The highest BCUT2D eigenvalue weighted by Gasteiger charge is 2.15. The molecule has 0 atom stereocenters. The maximum absolute atomic E-state index is 11.1. The molecule has 0 N–H and O–H groups in total. The van der Waals surface area contributed by atoms with Gasteiger partial charge in [0, 0.05) is 6.21 Å². The highest BCUT2D eigenvalue weighted by atomic mass is 16.6. The van der Waals surface area contributed by atoms with Gasteiger partial charge in [-0.2, -0.15) is 0 Å². The normalized spacial score (nSPS) is 12.5. The lowest BCUT2D eigenvalue weighted by Gasteiger charge is -2.18. The number of carbonyl (C=O) groups excluding carboxylic acids is 1. The van der Waals surface area contributed by atoms with Gasteiger partial charge in [0.15, 0.2) is 0 Å². The summed E-state index contributed by atoms with van der Waals surface area (Å²) in [5, 5.41) is 0. The van der Waals surface area contributed by atoms with Gasteiger partial charge in [-0.15, -0.1) is 0 Å². The van der Waals surface area contributed by atoms with Crippen LogP contribution in [0.3, 0.4) is 0 Å². The summed E-state index contributed by atoms with van der Waals surface area (Å²) in [4.78, 5) is 15.1. The van der Waals surface area contributed by atoms with Crippen molar-refractivity contribution in [3.05, 3.63) is 0 Å². The summed E-state index contributed by atoms with van der Waals surface area (Å²) in [6.45, 7) is 9.68. The van der Waals surface area contributed by atoms with Gasteiger partial charge in [-0.3, -0.25) is 9.79 Å². The van der Waals surface area contributed by atoms with Crippen LogP contribution in [0.2, 0.25) is 0 Å². The third-order valence-electron chi connectivity index (χ3n) is 1.04. The summed E-state index contributed by atoms with van der Waals surface area (Å²) < 4.78 is 5.07. The number of hydrogen-bond acceptors (Lipinski definition) is 3. The fourth-order valence-corrected chi connectivity index (χ4v) is 0.712. The average molecular weight is 185 g/mol. The summed E-state index contributed by atoms with van der Waals surface area (Å²) in [7, 11) is 0. The molecule has 0 aromatic heterocycles. The molecule has 0 rings (SSSR count). The standard InChI is InChI=1S/C10H19NO2/c1-8(2)6-11-7-9(12)13-10(3,4)5/h6,8H,7H2,1-5H3/b11-6+. The van der Waals surface area contributed by atoms with E-state index in [2.05, 4.69) is 4.99 Å². The van der Waals surface area contributed by atoms with Crippen LogP contribution in [0, 0.1) is 5.92 Å². The number of ether oxygens (including phenoxy) is 1. The molecule has 0 aliphatic carbocycles. The van der Waals surface area contributed by atoms with Crippen molar-refractivity contribution in [2.75, 3.05) is 6.54 Å². The molecular formula is C10H19NO2. The molecule has 13 heavy (non-hydrogen) atoms. The van der Waals surface area contributed by atoms with E-state index in [0.717, 1.165) is 0 Å². The first-order valence-corrected chi connectivity index (χ1v) is 4.53. The Morgan fingerprint density at radius 3 is 2.38 bits per heavy atom. The monoisotopic (exact) mass is 185 g/mol. The van der Waals surface area contributed by atoms with Gasteiger partial charge in [0.2, 0.25) is 0 Å². The van der Waals surface area contributed by atoms with E-state index in [4.69, 9.17) is 4.74 Å². The number of rotatable bonds is 3. The number of carbonyl (C=O) groups is 1. The molecule has 0 spiro atoms. The molecule has 0 aliphatic rings. The first-order chi connectivity index (χ1) is 5.81. The van der Waals surface area contributed by atoms with E-state index in [9.17, 15) is 4.79 Å². The van der Waals surface area contributed by atoms with Gasteiger partial charge in [0.1, 0.15) is 12.1 Å². The number of aliphatic imine (C=N–C) groups is 1. The van der Waals surface area contributed by atoms with E-state index >= 15 is 0 Å². The summed E-state index contributed by atoms with van der Waals surface area (Å²) >= 11 is 0. The lowest BCUT2D eigenvalue weighted by Crippen LogP contribution is -2.25. The molecule has 0 radical (unpaired) electrons. The zero-order valence-electron chi connectivity index (χ0n) is 9.13. The van der Waals surface area contributed by atoms with Crippen molar-refractivity contribution in [1.29, 1.82) is 0 Å². The maximum atomic E-state index is 11.1. The average Bonchev–Trinajstić information content (AvgIpc) is 1.81. The van der Waals surface area contributed by atoms with Crippen molar-refractivity contribution in [1.82, 2.24) is 0 Å². The van der Waals surface area contributed by atoms with Crippen molar-refractivity contribution in [3.8, 4) is 0 Å². The first-order valence-electron chi connectivity index (χ1n) is 4.53. The van der Waals surface area contributed by atoms with Gasteiger partial charge >= 0.3 is 5.97 Å². The van der Waals surface area contributed by atoms with E-state index in [1.165, 1.54) is 0 Å². The van der Waals surface area contributed by atoms with E-state index in [-0.39, 0.29) is 12.5 Å². The minimum Gasteiger partial charge on any atom is -0.459 e. The molecule has 3 heteroatoms. The minimum atomic E-state index is -0.412. The van der Waals surface area contributed by atoms with E-state index in [1.807, 2.05) is 34.6 Å². The molecule has 0 fully saturated rings. The molecule has 0 heterocycles. The number of nitrogens with zero attached hydrogens (tertiary/aromatic N) is 1. The summed E-state index contributed by atoms with van der Waals surface area (Å²) in [6.07, 6.45) is 1.75. The predicted molar refractivity (Wildman–Crippen MR) is 54.0 cm³/mol. The molecule has 0 aromatic rings. The summed E-state index contributed by atoms with van der Waals surface area (Å²) in [6, 6.07) is 0. The molecule has 0 aromatic carbocycles. The Labute approximate surface area is 80.2 Å².